The zero-order valence-corrected chi connectivity index (χ0v) is 14.4. The molecule has 0 aromatic heterocycles. The van der Waals surface area contributed by atoms with E-state index in [4.69, 9.17) is 0 Å². The van der Waals surface area contributed by atoms with E-state index in [9.17, 15) is 4.79 Å². The van der Waals surface area contributed by atoms with Crippen molar-refractivity contribution in [2.24, 2.45) is 0 Å². The van der Waals surface area contributed by atoms with Gasteiger partial charge in [-0.1, -0.05) is 71.2 Å². The van der Waals surface area contributed by atoms with E-state index in [0.717, 1.165) is 0 Å². The average molecular weight is 289 g/mol. The Morgan fingerprint density at radius 2 is 1.57 bits per heavy atom. The Hall–Kier alpha value is -2.09. The summed E-state index contributed by atoms with van der Waals surface area (Å²) in [5, 5.41) is 2.76. The number of amides is 1. The van der Waals surface area contributed by atoms with Crippen LogP contribution in [0.4, 0.5) is 0 Å². The standard InChI is InChI=1S/C15H19NO.2C2H6/c1-5-9-11-13(7-3)15(17)16-14(8-4)12-10-6-2;2*1-2/h5-12H,1,4H2,2-3H3,(H,16,17);2*1-2H3/b10-6-,11-9-,13-7+,14-12+;;. The molecule has 0 aliphatic carbocycles. The molecule has 1 amide bonds. The summed E-state index contributed by atoms with van der Waals surface area (Å²) in [6.45, 7) is 18.9. The van der Waals surface area contributed by atoms with Gasteiger partial charge < -0.3 is 5.32 Å². The SMILES string of the molecule is C=C/C=C\C(=C/C)C(=O)N/C(C=C)=C/C=C\C.CC.CC. The molecule has 0 bridgehead atoms. The summed E-state index contributed by atoms with van der Waals surface area (Å²) in [4.78, 5) is 11.8. The number of hydrogen-bond donors (Lipinski definition) is 1. The first kappa shape index (κ1) is 24.0. The van der Waals surface area contributed by atoms with Crippen molar-refractivity contribution in [1.29, 1.82) is 0 Å². The second-order valence-electron chi connectivity index (χ2n) is 3.14. The maximum absolute atomic E-state index is 11.8. The highest BCUT2D eigenvalue weighted by Gasteiger charge is 2.04. The van der Waals surface area contributed by atoms with Crippen LogP contribution in [0, 0.1) is 0 Å². The van der Waals surface area contributed by atoms with Gasteiger partial charge in [-0.25, -0.2) is 0 Å². The third-order valence-electron chi connectivity index (χ3n) is 1.93. The summed E-state index contributed by atoms with van der Waals surface area (Å²) < 4.78 is 0. The Kier molecular flexibility index (Phi) is 23.1. The van der Waals surface area contributed by atoms with Crippen molar-refractivity contribution in [2.75, 3.05) is 0 Å². The Balaban J connectivity index is -0.000000739. The van der Waals surface area contributed by atoms with Crippen LogP contribution in [0.15, 0.2) is 73.0 Å². The minimum Gasteiger partial charge on any atom is -0.322 e. The monoisotopic (exact) mass is 289 g/mol. The number of allylic oxidation sites excluding steroid dienone is 7. The van der Waals surface area contributed by atoms with Gasteiger partial charge in [0.25, 0.3) is 5.91 Å². The van der Waals surface area contributed by atoms with Crippen molar-refractivity contribution >= 4 is 5.91 Å². The summed E-state index contributed by atoms with van der Waals surface area (Å²) in [7, 11) is 0. The van der Waals surface area contributed by atoms with Crippen LogP contribution in [0.25, 0.3) is 0 Å². The zero-order valence-electron chi connectivity index (χ0n) is 14.4. The van der Waals surface area contributed by atoms with Gasteiger partial charge in [0.1, 0.15) is 0 Å². The summed E-state index contributed by atoms with van der Waals surface area (Å²) in [5.74, 6) is -0.166. The predicted octanol–water partition coefficient (Wildman–Crippen LogP) is 5.49. The highest BCUT2D eigenvalue weighted by atomic mass is 16.1. The maximum atomic E-state index is 11.8. The lowest BCUT2D eigenvalue weighted by Gasteiger charge is -2.05. The van der Waals surface area contributed by atoms with Crippen molar-refractivity contribution in [2.45, 2.75) is 41.5 Å². The molecule has 1 N–H and O–H groups in total. The summed E-state index contributed by atoms with van der Waals surface area (Å²) in [5.41, 5.74) is 1.25. The zero-order chi connectivity index (χ0) is 17.1. The van der Waals surface area contributed by atoms with Crippen LogP contribution in [-0.2, 0) is 4.79 Å². The van der Waals surface area contributed by atoms with Gasteiger partial charge in [-0.2, -0.15) is 0 Å². The number of rotatable bonds is 6. The van der Waals surface area contributed by atoms with Gasteiger partial charge in [-0.15, -0.1) is 0 Å². The Morgan fingerprint density at radius 3 is 1.95 bits per heavy atom. The van der Waals surface area contributed by atoms with E-state index in [2.05, 4.69) is 18.5 Å². The molecule has 2 nitrogen and oxygen atoms in total. The Morgan fingerprint density at radius 1 is 1.00 bits per heavy atom. The third-order valence-corrected chi connectivity index (χ3v) is 1.93. The molecule has 0 spiro atoms. The first-order chi connectivity index (χ1) is 10.2. The van der Waals surface area contributed by atoms with Gasteiger partial charge in [0.2, 0.25) is 0 Å². The normalized spacial score (nSPS) is 11.1. The molecule has 0 aromatic carbocycles. The van der Waals surface area contributed by atoms with Crippen LogP contribution >= 0.6 is 0 Å². The Labute approximate surface area is 131 Å². The Bertz CT molecular complexity index is 396. The third kappa shape index (κ3) is 14.1. The molecule has 2 heteroatoms. The van der Waals surface area contributed by atoms with Gasteiger partial charge in [0.05, 0.1) is 0 Å². The number of carbonyl (C=O) groups is 1. The van der Waals surface area contributed by atoms with E-state index < -0.39 is 0 Å². The molecule has 0 aromatic rings. The first-order valence-electron chi connectivity index (χ1n) is 7.41. The fraction of sp³-hybridized carbons (Fsp3) is 0.316. The largest absolute Gasteiger partial charge is 0.322 e. The average Bonchev–Trinajstić information content (AvgIpc) is 2.55. The second kappa shape index (κ2) is 20.2. The molecule has 0 aliphatic rings. The minimum absolute atomic E-state index is 0.166. The van der Waals surface area contributed by atoms with E-state index in [1.54, 1.807) is 36.5 Å². The molecule has 0 rings (SSSR count). The van der Waals surface area contributed by atoms with Crippen LogP contribution in [0.5, 0.6) is 0 Å². The van der Waals surface area contributed by atoms with E-state index in [1.165, 1.54) is 0 Å². The lowest BCUT2D eigenvalue weighted by atomic mass is 10.2. The molecule has 0 saturated carbocycles. The smallest absolute Gasteiger partial charge is 0.255 e. The van der Waals surface area contributed by atoms with E-state index in [-0.39, 0.29) is 5.91 Å². The topological polar surface area (TPSA) is 29.1 Å². The molecule has 21 heavy (non-hydrogen) atoms. The van der Waals surface area contributed by atoms with Crippen LogP contribution in [-0.4, -0.2) is 5.91 Å². The molecule has 0 heterocycles. The van der Waals surface area contributed by atoms with E-state index in [1.807, 2.05) is 53.7 Å². The highest BCUT2D eigenvalue weighted by molar-refractivity contribution is 5.97. The highest BCUT2D eigenvalue weighted by Crippen LogP contribution is 2.00. The maximum Gasteiger partial charge on any atom is 0.255 e. The second-order valence-corrected chi connectivity index (χ2v) is 3.14. The van der Waals surface area contributed by atoms with Crippen LogP contribution in [0.2, 0.25) is 0 Å². The molecule has 0 radical (unpaired) electrons. The van der Waals surface area contributed by atoms with Crippen LogP contribution in [0.1, 0.15) is 41.5 Å². The lowest BCUT2D eigenvalue weighted by Crippen LogP contribution is -2.22. The first-order valence-corrected chi connectivity index (χ1v) is 7.41. The van der Waals surface area contributed by atoms with Gasteiger partial charge >= 0.3 is 0 Å². The minimum atomic E-state index is -0.166. The molecule has 0 atom stereocenters. The predicted molar refractivity (Wildman–Crippen MR) is 97.0 cm³/mol. The molecule has 0 aliphatic heterocycles. The summed E-state index contributed by atoms with van der Waals surface area (Å²) in [6.07, 6.45) is 13.9. The quantitative estimate of drug-likeness (QED) is 0.508. The number of carbonyl (C=O) groups excluding carboxylic acids is 1. The van der Waals surface area contributed by atoms with Gasteiger partial charge in [0, 0.05) is 11.3 Å². The van der Waals surface area contributed by atoms with Crippen LogP contribution in [0.3, 0.4) is 0 Å². The van der Waals surface area contributed by atoms with E-state index >= 15 is 0 Å². The molecular formula is C19H31NO. The summed E-state index contributed by atoms with van der Waals surface area (Å²) >= 11 is 0. The fourth-order valence-electron chi connectivity index (χ4n) is 1.04. The van der Waals surface area contributed by atoms with Gasteiger partial charge in [-0.3, -0.25) is 4.79 Å². The van der Waals surface area contributed by atoms with Crippen molar-refractivity contribution in [1.82, 2.24) is 5.32 Å². The van der Waals surface area contributed by atoms with Crippen LogP contribution < -0.4 is 5.32 Å². The van der Waals surface area contributed by atoms with Gasteiger partial charge in [-0.05, 0) is 32.1 Å². The van der Waals surface area contributed by atoms with Gasteiger partial charge in [0.15, 0.2) is 0 Å². The molecule has 0 fully saturated rings. The number of hydrogen-bond acceptors (Lipinski definition) is 1. The van der Waals surface area contributed by atoms with Crippen molar-refractivity contribution in [3.8, 4) is 0 Å². The fourth-order valence-corrected chi connectivity index (χ4v) is 1.04. The van der Waals surface area contributed by atoms with E-state index in [0.29, 0.717) is 11.3 Å². The lowest BCUT2D eigenvalue weighted by molar-refractivity contribution is -0.116. The molecule has 118 valence electrons. The molecular weight excluding hydrogens is 258 g/mol. The van der Waals surface area contributed by atoms with Crippen molar-refractivity contribution in [3.05, 3.63) is 73.0 Å². The number of nitrogens with one attached hydrogen (secondary N) is 1. The molecule has 0 unspecified atom stereocenters. The molecule has 0 saturated heterocycles. The van der Waals surface area contributed by atoms with Crippen molar-refractivity contribution in [3.63, 3.8) is 0 Å². The summed E-state index contributed by atoms with van der Waals surface area (Å²) in [6, 6.07) is 0. The van der Waals surface area contributed by atoms with Crippen molar-refractivity contribution < 1.29 is 4.79 Å².